The van der Waals surface area contributed by atoms with Crippen LogP contribution in [0, 0.1) is 0 Å². The normalized spacial score (nSPS) is 14.8. The number of nitrogens with two attached hydrogens (primary N) is 1. The topological polar surface area (TPSA) is 96.4 Å². The molecule has 0 aliphatic heterocycles. The van der Waals surface area contributed by atoms with E-state index in [4.69, 9.17) is 5.73 Å². The Balaban J connectivity index is 2.85. The summed E-state index contributed by atoms with van der Waals surface area (Å²) in [6.07, 6.45) is -6.98. The van der Waals surface area contributed by atoms with E-state index in [9.17, 15) is 28.2 Å². The highest BCUT2D eigenvalue weighted by atomic mass is 32.2. The van der Waals surface area contributed by atoms with Crippen LogP contribution in [0.2, 0.25) is 0 Å². The first-order valence-electron chi connectivity index (χ1n) is 5.95. The van der Waals surface area contributed by atoms with Gasteiger partial charge in [-0.3, -0.25) is 4.79 Å². The molecule has 4 N–H and O–H groups in total. The zero-order valence-electron chi connectivity index (χ0n) is 11.1. The highest BCUT2D eigenvalue weighted by molar-refractivity contribution is 8.13. The highest BCUT2D eigenvalue weighted by Gasteiger charge is 2.33. The maximum absolute atomic E-state index is 12.6. The molecule has 1 rings (SSSR count). The summed E-state index contributed by atoms with van der Waals surface area (Å²) in [7, 11) is 0. The number of halogens is 3. The molecular formula is C12H15F3N2O3S. The number of nitrogen functional groups attached to an aromatic ring is 1. The van der Waals surface area contributed by atoms with E-state index in [0.29, 0.717) is 12.3 Å². The number of anilines is 1. The Kier molecular flexibility index (Phi) is 5.99. The molecule has 5 nitrogen and oxygen atoms in total. The van der Waals surface area contributed by atoms with Gasteiger partial charge in [0, 0.05) is 24.4 Å². The van der Waals surface area contributed by atoms with Crippen LogP contribution in [0.15, 0.2) is 12.3 Å². The van der Waals surface area contributed by atoms with E-state index in [0.717, 1.165) is 11.8 Å². The average Bonchev–Trinajstić information content (AvgIpc) is 2.36. The van der Waals surface area contributed by atoms with Gasteiger partial charge in [-0.1, -0.05) is 11.8 Å². The number of aromatic nitrogens is 1. The summed E-state index contributed by atoms with van der Waals surface area (Å²) in [5.74, 6) is -0.0476. The zero-order valence-corrected chi connectivity index (χ0v) is 11.9. The lowest BCUT2D eigenvalue weighted by atomic mass is 10.0. The third-order valence-corrected chi connectivity index (χ3v) is 3.53. The molecule has 0 aliphatic rings. The van der Waals surface area contributed by atoms with Crippen LogP contribution in [-0.2, 0) is 11.0 Å². The predicted molar refractivity (Wildman–Crippen MR) is 72.4 cm³/mol. The number of hydrogen-bond donors (Lipinski definition) is 3. The van der Waals surface area contributed by atoms with Gasteiger partial charge < -0.3 is 15.9 Å². The Labute approximate surface area is 123 Å². The summed E-state index contributed by atoms with van der Waals surface area (Å²) in [5, 5.41) is 19.5. The lowest BCUT2D eigenvalue weighted by Gasteiger charge is -2.20. The first-order valence-corrected chi connectivity index (χ1v) is 6.93. The summed E-state index contributed by atoms with van der Waals surface area (Å²) < 4.78 is 37.8. The van der Waals surface area contributed by atoms with Crippen molar-refractivity contribution in [3.05, 3.63) is 23.4 Å². The first-order chi connectivity index (χ1) is 9.62. The highest BCUT2D eigenvalue weighted by Crippen LogP contribution is 2.33. The molecule has 2 unspecified atom stereocenters. The first kappa shape index (κ1) is 17.7. The predicted octanol–water partition coefficient (Wildman–Crippen LogP) is 1.75. The Morgan fingerprint density at radius 2 is 2.10 bits per heavy atom. The molecule has 0 aliphatic carbocycles. The minimum Gasteiger partial charge on any atom is -0.390 e. The molecule has 21 heavy (non-hydrogen) atoms. The van der Waals surface area contributed by atoms with Crippen LogP contribution in [0.5, 0.6) is 0 Å². The number of rotatable bonds is 5. The van der Waals surface area contributed by atoms with Gasteiger partial charge in [0.2, 0.25) is 0 Å². The van der Waals surface area contributed by atoms with E-state index >= 15 is 0 Å². The number of pyridine rings is 1. The molecule has 0 bridgehead atoms. The second-order valence-electron chi connectivity index (χ2n) is 4.34. The fraction of sp³-hybridized carbons (Fsp3) is 0.500. The van der Waals surface area contributed by atoms with Crippen LogP contribution in [0.25, 0.3) is 0 Å². The number of hydrogen-bond acceptors (Lipinski definition) is 6. The number of aliphatic hydroxyl groups is 2. The summed E-state index contributed by atoms with van der Waals surface area (Å²) in [6, 6.07) is 0.661. The monoisotopic (exact) mass is 324 g/mol. The molecule has 1 aromatic rings. The quantitative estimate of drug-likeness (QED) is 0.763. The van der Waals surface area contributed by atoms with Gasteiger partial charge in [-0.15, -0.1) is 0 Å². The van der Waals surface area contributed by atoms with Crippen molar-refractivity contribution in [3.8, 4) is 0 Å². The minimum atomic E-state index is -4.62. The molecule has 0 saturated carbocycles. The van der Waals surface area contributed by atoms with Crippen LogP contribution < -0.4 is 5.73 Å². The van der Waals surface area contributed by atoms with Crippen molar-refractivity contribution in [2.75, 3.05) is 11.5 Å². The Morgan fingerprint density at radius 3 is 2.62 bits per heavy atom. The third-order valence-electron chi connectivity index (χ3n) is 2.68. The molecule has 1 aromatic heterocycles. The Hall–Kier alpha value is -1.32. The molecule has 118 valence electrons. The van der Waals surface area contributed by atoms with Crippen molar-refractivity contribution in [2.45, 2.75) is 31.7 Å². The molecule has 2 atom stereocenters. The largest absolute Gasteiger partial charge is 0.417 e. The van der Waals surface area contributed by atoms with Gasteiger partial charge in [-0.2, -0.15) is 13.2 Å². The fourth-order valence-electron chi connectivity index (χ4n) is 1.57. The summed E-state index contributed by atoms with van der Waals surface area (Å²) >= 11 is 0.947. The maximum atomic E-state index is 12.6. The fourth-order valence-corrected chi connectivity index (χ4v) is 2.22. The van der Waals surface area contributed by atoms with Crippen molar-refractivity contribution < 1.29 is 28.2 Å². The molecule has 0 amide bonds. The van der Waals surface area contributed by atoms with Gasteiger partial charge in [0.15, 0.2) is 5.12 Å². The summed E-state index contributed by atoms with van der Waals surface area (Å²) in [5.41, 5.74) is 4.09. The van der Waals surface area contributed by atoms with E-state index in [1.807, 2.05) is 0 Å². The van der Waals surface area contributed by atoms with Crippen LogP contribution in [0.4, 0.5) is 19.0 Å². The van der Waals surface area contributed by atoms with Crippen molar-refractivity contribution in [3.63, 3.8) is 0 Å². The molecule has 0 spiro atoms. The SMILES string of the molecule is CC(=O)SCCC(O)C(O)c1cc(C(F)(F)F)cnc1N. The van der Waals surface area contributed by atoms with Crippen LogP contribution >= 0.6 is 11.8 Å². The standard InChI is InChI=1S/C12H15F3N2O3S/c1-6(18)21-3-2-9(19)10(20)8-4-7(12(13,14)15)5-17-11(8)16/h4-5,9-10,19-20H,2-3H2,1H3,(H2,16,17). The molecule has 0 fully saturated rings. The second-order valence-corrected chi connectivity index (χ2v) is 5.61. The van der Waals surface area contributed by atoms with E-state index in [1.54, 1.807) is 0 Å². The molecule has 0 aromatic carbocycles. The van der Waals surface area contributed by atoms with E-state index in [1.165, 1.54) is 6.92 Å². The number of alkyl halides is 3. The summed E-state index contributed by atoms with van der Waals surface area (Å²) in [6.45, 7) is 1.35. The lowest BCUT2D eigenvalue weighted by molar-refractivity contribution is -0.138. The van der Waals surface area contributed by atoms with Gasteiger partial charge in [0.1, 0.15) is 11.9 Å². The van der Waals surface area contributed by atoms with Gasteiger partial charge >= 0.3 is 6.18 Å². The lowest BCUT2D eigenvalue weighted by Crippen LogP contribution is -2.21. The molecule has 0 saturated heterocycles. The van der Waals surface area contributed by atoms with Gasteiger partial charge in [0.25, 0.3) is 0 Å². The summed E-state index contributed by atoms with van der Waals surface area (Å²) in [4.78, 5) is 14.1. The number of carbonyl (C=O) groups excluding carboxylic acids is 1. The molecular weight excluding hydrogens is 309 g/mol. The van der Waals surface area contributed by atoms with Gasteiger partial charge in [-0.25, -0.2) is 4.98 Å². The van der Waals surface area contributed by atoms with E-state index in [2.05, 4.69) is 4.98 Å². The molecule has 9 heteroatoms. The van der Waals surface area contributed by atoms with Crippen LogP contribution in [0.3, 0.4) is 0 Å². The smallest absolute Gasteiger partial charge is 0.390 e. The molecule has 1 heterocycles. The van der Waals surface area contributed by atoms with E-state index in [-0.39, 0.29) is 28.7 Å². The number of thioether (sulfide) groups is 1. The number of nitrogens with zero attached hydrogens (tertiary/aromatic N) is 1. The van der Waals surface area contributed by atoms with Crippen LogP contribution in [-0.4, -0.2) is 32.2 Å². The molecule has 0 radical (unpaired) electrons. The van der Waals surface area contributed by atoms with Gasteiger partial charge in [-0.05, 0) is 12.5 Å². The van der Waals surface area contributed by atoms with Gasteiger partial charge in [0.05, 0.1) is 11.7 Å². The van der Waals surface area contributed by atoms with Crippen molar-refractivity contribution in [1.29, 1.82) is 0 Å². The van der Waals surface area contributed by atoms with Crippen LogP contribution in [0.1, 0.15) is 30.6 Å². The number of carbonyl (C=O) groups is 1. The zero-order chi connectivity index (χ0) is 16.2. The Morgan fingerprint density at radius 1 is 1.48 bits per heavy atom. The minimum absolute atomic E-state index is 0.0289. The van der Waals surface area contributed by atoms with Crippen molar-refractivity contribution in [2.24, 2.45) is 0 Å². The maximum Gasteiger partial charge on any atom is 0.417 e. The number of aliphatic hydroxyl groups excluding tert-OH is 2. The Bertz CT molecular complexity index is 511. The second kappa shape index (κ2) is 7.10. The van der Waals surface area contributed by atoms with Crippen molar-refractivity contribution in [1.82, 2.24) is 4.98 Å². The third kappa shape index (κ3) is 5.18. The average molecular weight is 324 g/mol. The van der Waals surface area contributed by atoms with E-state index < -0.39 is 23.9 Å². The van der Waals surface area contributed by atoms with Crippen molar-refractivity contribution >= 4 is 22.7 Å².